The minimum atomic E-state index is -0.144. The summed E-state index contributed by atoms with van der Waals surface area (Å²) in [5.74, 6) is -0.289. The molecule has 0 fully saturated rings. The first-order valence-electron chi connectivity index (χ1n) is 4.53. The summed E-state index contributed by atoms with van der Waals surface area (Å²) in [5.41, 5.74) is 1.63. The lowest BCUT2D eigenvalue weighted by atomic mass is 9.87. The molecular formula is C12H6O3. The van der Waals surface area contributed by atoms with E-state index >= 15 is 0 Å². The van der Waals surface area contributed by atoms with Crippen molar-refractivity contribution in [2.75, 3.05) is 0 Å². The van der Waals surface area contributed by atoms with Crippen LogP contribution < -0.4 is 0 Å². The zero-order chi connectivity index (χ0) is 10.4. The molecule has 1 aromatic carbocycles. The summed E-state index contributed by atoms with van der Waals surface area (Å²) < 4.78 is 4.90. The Morgan fingerprint density at radius 2 is 1.20 bits per heavy atom. The van der Waals surface area contributed by atoms with Crippen molar-refractivity contribution in [2.24, 2.45) is 0 Å². The molecule has 72 valence electrons. The molecule has 3 rings (SSSR count). The fraction of sp³-hybridized carbons (Fsp3) is 0. The number of fused-ring (bicyclic) bond motifs is 2. The van der Waals surface area contributed by atoms with Crippen LogP contribution in [0.5, 0.6) is 0 Å². The van der Waals surface area contributed by atoms with Crippen molar-refractivity contribution in [1.29, 1.82) is 0 Å². The van der Waals surface area contributed by atoms with Crippen LogP contribution in [0.3, 0.4) is 0 Å². The second kappa shape index (κ2) is 2.67. The molecule has 0 radical (unpaired) electrons. The Hall–Kier alpha value is -2.16. The lowest BCUT2D eigenvalue weighted by molar-refractivity contribution is 0.0980. The third-order valence-corrected chi connectivity index (χ3v) is 2.57. The van der Waals surface area contributed by atoms with Crippen molar-refractivity contribution in [3.63, 3.8) is 0 Å². The molecule has 0 amide bonds. The number of furan rings is 1. The standard InChI is InChI=1S/C12H6O3/c13-11-7-3-1-2-4-8(7)12(14)10-6-15-5-9(10)11/h1-6H. The molecule has 0 unspecified atom stereocenters. The first kappa shape index (κ1) is 8.17. The molecule has 1 heterocycles. The minimum Gasteiger partial charge on any atom is -0.471 e. The van der Waals surface area contributed by atoms with Crippen LogP contribution in [0, 0.1) is 0 Å². The minimum absolute atomic E-state index is 0.144. The maximum atomic E-state index is 11.9. The SMILES string of the molecule is O=C1c2ccccc2C(=O)c2cocc21. The van der Waals surface area contributed by atoms with E-state index in [9.17, 15) is 9.59 Å². The van der Waals surface area contributed by atoms with Crippen LogP contribution in [0.2, 0.25) is 0 Å². The Labute approximate surface area is 85.3 Å². The number of benzene rings is 1. The number of carbonyl (C=O) groups is 2. The van der Waals surface area contributed by atoms with Gasteiger partial charge in [0.1, 0.15) is 12.5 Å². The van der Waals surface area contributed by atoms with Crippen molar-refractivity contribution < 1.29 is 14.0 Å². The maximum Gasteiger partial charge on any atom is 0.197 e. The molecule has 2 aromatic rings. The molecule has 0 aliphatic heterocycles. The van der Waals surface area contributed by atoms with Gasteiger partial charge in [0.25, 0.3) is 0 Å². The molecule has 0 atom stereocenters. The summed E-state index contributed by atoms with van der Waals surface area (Å²) in [6, 6.07) is 6.81. The number of carbonyl (C=O) groups excluding carboxylic acids is 2. The first-order chi connectivity index (χ1) is 7.29. The third-order valence-electron chi connectivity index (χ3n) is 2.57. The van der Waals surface area contributed by atoms with Crippen molar-refractivity contribution in [2.45, 2.75) is 0 Å². The van der Waals surface area contributed by atoms with Crippen LogP contribution in [0.4, 0.5) is 0 Å². The maximum absolute atomic E-state index is 11.9. The molecule has 15 heavy (non-hydrogen) atoms. The van der Waals surface area contributed by atoms with Gasteiger partial charge in [0.15, 0.2) is 11.6 Å². The van der Waals surface area contributed by atoms with E-state index in [1.165, 1.54) is 12.5 Å². The summed E-state index contributed by atoms with van der Waals surface area (Å²) >= 11 is 0. The largest absolute Gasteiger partial charge is 0.471 e. The second-order valence-electron chi connectivity index (χ2n) is 3.40. The highest BCUT2D eigenvalue weighted by atomic mass is 16.3. The lowest BCUT2D eigenvalue weighted by Crippen LogP contribution is -2.18. The van der Waals surface area contributed by atoms with Crippen molar-refractivity contribution in [3.8, 4) is 0 Å². The molecule has 0 saturated heterocycles. The van der Waals surface area contributed by atoms with Gasteiger partial charge in [0.2, 0.25) is 0 Å². The topological polar surface area (TPSA) is 47.3 Å². The van der Waals surface area contributed by atoms with Crippen molar-refractivity contribution >= 4 is 11.6 Å². The Morgan fingerprint density at radius 3 is 1.67 bits per heavy atom. The van der Waals surface area contributed by atoms with E-state index in [1.807, 2.05) is 0 Å². The summed E-state index contributed by atoms with van der Waals surface area (Å²) in [6.45, 7) is 0. The molecule has 3 nitrogen and oxygen atoms in total. The molecule has 3 heteroatoms. The zero-order valence-corrected chi connectivity index (χ0v) is 7.69. The molecule has 1 aliphatic rings. The van der Waals surface area contributed by atoms with E-state index in [4.69, 9.17) is 4.42 Å². The molecule has 0 bridgehead atoms. The highest BCUT2D eigenvalue weighted by Gasteiger charge is 2.30. The van der Waals surface area contributed by atoms with Gasteiger partial charge in [0, 0.05) is 11.1 Å². The van der Waals surface area contributed by atoms with Gasteiger partial charge in [-0.15, -0.1) is 0 Å². The normalized spacial score (nSPS) is 13.6. The summed E-state index contributed by atoms with van der Waals surface area (Å²) in [4.78, 5) is 23.8. The third kappa shape index (κ3) is 0.944. The summed E-state index contributed by atoms with van der Waals surface area (Å²) in [7, 11) is 0. The first-order valence-corrected chi connectivity index (χ1v) is 4.53. The van der Waals surface area contributed by atoms with Gasteiger partial charge in [-0.25, -0.2) is 0 Å². The van der Waals surface area contributed by atoms with E-state index in [1.54, 1.807) is 24.3 Å². The average molecular weight is 198 g/mol. The molecular weight excluding hydrogens is 192 g/mol. The smallest absolute Gasteiger partial charge is 0.197 e. The van der Waals surface area contributed by atoms with E-state index in [2.05, 4.69) is 0 Å². The van der Waals surface area contributed by atoms with Gasteiger partial charge in [-0.05, 0) is 0 Å². The molecule has 1 aromatic heterocycles. The fourth-order valence-corrected chi connectivity index (χ4v) is 1.82. The molecule has 0 spiro atoms. The Kier molecular flexibility index (Phi) is 1.45. The van der Waals surface area contributed by atoms with Crippen molar-refractivity contribution in [3.05, 3.63) is 59.0 Å². The highest BCUT2D eigenvalue weighted by Crippen LogP contribution is 2.27. The van der Waals surface area contributed by atoms with Gasteiger partial charge < -0.3 is 4.42 Å². The number of rotatable bonds is 0. The summed E-state index contributed by atoms with van der Waals surface area (Å²) in [6.07, 6.45) is 2.65. The second-order valence-corrected chi connectivity index (χ2v) is 3.40. The Balaban J connectivity index is 2.36. The Bertz CT molecular complexity index is 529. The van der Waals surface area contributed by atoms with Crippen molar-refractivity contribution in [1.82, 2.24) is 0 Å². The predicted molar refractivity (Wildman–Crippen MR) is 52.0 cm³/mol. The monoisotopic (exact) mass is 198 g/mol. The zero-order valence-electron chi connectivity index (χ0n) is 7.69. The van der Waals surface area contributed by atoms with E-state index in [0.717, 1.165) is 0 Å². The van der Waals surface area contributed by atoms with E-state index < -0.39 is 0 Å². The lowest BCUT2D eigenvalue weighted by Gasteiger charge is -2.12. The van der Waals surface area contributed by atoms with Crippen LogP contribution in [0.15, 0.2) is 41.2 Å². The molecule has 0 N–H and O–H groups in total. The van der Waals surface area contributed by atoms with E-state index in [0.29, 0.717) is 22.3 Å². The quantitative estimate of drug-likeness (QED) is 0.555. The van der Waals surface area contributed by atoms with Gasteiger partial charge >= 0.3 is 0 Å². The van der Waals surface area contributed by atoms with Gasteiger partial charge in [-0.2, -0.15) is 0 Å². The predicted octanol–water partition coefficient (Wildman–Crippen LogP) is 2.05. The number of hydrogen-bond donors (Lipinski definition) is 0. The van der Waals surface area contributed by atoms with Crippen LogP contribution in [-0.4, -0.2) is 11.6 Å². The van der Waals surface area contributed by atoms with Gasteiger partial charge in [-0.3, -0.25) is 9.59 Å². The molecule has 1 aliphatic carbocycles. The number of hydrogen-bond acceptors (Lipinski definition) is 3. The number of ketones is 2. The Morgan fingerprint density at radius 1 is 0.733 bits per heavy atom. The van der Waals surface area contributed by atoms with Gasteiger partial charge in [0.05, 0.1) is 11.1 Å². The van der Waals surface area contributed by atoms with Crippen LogP contribution in [-0.2, 0) is 0 Å². The molecule has 0 saturated carbocycles. The summed E-state index contributed by atoms with van der Waals surface area (Å²) in [5, 5.41) is 0. The van der Waals surface area contributed by atoms with E-state index in [-0.39, 0.29) is 11.6 Å². The average Bonchev–Trinajstić information content (AvgIpc) is 2.75. The van der Waals surface area contributed by atoms with Crippen LogP contribution in [0.25, 0.3) is 0 Å². The highest BCUT2D eigenvalue weighted by molar-refractivity contribution is 6.28. The fourth-order valence-electron chi connectivity index (χ4n) is 1.82. The van der Waals surface area contributed by atoms with Crippen LogP contribution >= 0.6 is 0 Å². The van der Waals surface area contributed by atoms with Gasteiger partial charge in [-0.1, -0.05) is 24.3 Å². The van der Waals surface area contributed by atoms with Crippen LogP contribution in [0.1, 0.15) is 31.8 Å².